The minimum Gasteiger partial charge on any atom is -0.489 e. The van der Waals surface area contributed by atoms with Gasteiger partial charge in [-0.3, -0.25) is 4.98 Å². The second kappa shape index (κ2) is 8.72. The van der Waals surface area contributed by atoms with Crippen molar-refractivity contribution < 1.29 is 9.53 Å². The first-order valence-electron chi connectivity index (χ1n) is 7.86. The Morgan fingerprint density at radius 1 is 1.33 bits per heavy atom. The average Bonchev–Trinajstić information content (AvgIpc) is 2.64. The highest BCUT2D eigenvalue weighted by Gasteiger charge is 2.18. The first-order valence-corrected chi connectivity index (χ1v) is 7.86. The maximum atomic E-state index is 12.4. The molecule has 2 aromatic rings. The van der Waals surface area contributed by atoms with Gasteiger partial charge in [0.25, 0.3) is 0 Å². The number of amides is 2. The van der Waals surface area contributed by atoms with E-state index in [4.69, 9.17) is 4.74 Å². The van der Waals surface area contributed by atoms with Crippen LogP contribution in [0.2, 0.25) is 0 Å². The molecule has 0 saturated heterocycles. The van der Waals surface area contributed by atoms with E-state index in [1.54, 1.807) is 24.2 Å². The Morgan fingerprint density at radius 2 is 2.08 bits per heavy atom. The number of urea groups is 1. The van der Waals surface area contributed by atoms with E-state index in [-0.39, 0.29) is 12.1 Å². The van der Waals surface area contributed by atoms with Gasteiger partial charge in [0, 0.05) is 25.4 Å². The molecule has 1 aromatic heterocycles. The lowest BCUT2D eigenvalue weighted by atomic mass is 10.2. The molecule has 0 aliphatic carbocycles. The Hall–Kier alpha value is -2.82. The third-order valence-electron chi connectivity index (χ3n) is 3.78. The summed E-state index contributed by atoms with van der Waals surface area (Å²) in [5.41, 5.74) is 1.77. The standard InChI is InChI=1S/C19H23N3O2/c1-4-13-24-18-11-6-5-9-16(18)14-21-19(23)22(3)15(2)17-10-7-8-12-20-17/h4-12,15H,1,13-14H2,2-3H3,(H,21,23). The van der Waals surface area contributed by atoms with Crippen LogP contribution < -0.4 is 10.1 Å². The van der Waals surface area contributed by atoms with Gasteiger partial charge in [0.15, 0.2) is 0 Å². The fourth-order valence-corrected chi connectivity index (χ4v) is 2.23. The molecule has 0 aliphatic rings. The SMILES string of the molecule is C=CCOc1ccccc1CNC(=O)N(C)C(C)c1ccccn1. The highest BCUT2D eigenvalue weighted by molar-refractivity contribution is 5.74. The molecule has 1 N–H and O–H groups in total. The largest absolute Gasteiger partial charge is 0.489 e. The third kappa shape index (κ3) is 4.59. The summed E-state index contributed by atoms with van der Waals surface area (Å²) in [6, 6.07) is 13.0. The molecule has 1 aromatic carbocycles. The van der Waals surface area contributed by atoms with Gasteiger partial charge in [-0.25, -0.2) is 4.79 Å². The third-order valence-corrected chi connectivity index (χ3v) is 3.78. The van der Waals surface area contributed by atoms with E-state index < -0.39 is 0 Å². The maximum Gasteiger partial charge on any atom is 0.317 e. The van der Waals surface area contributed by atoms with Crippen molar-refractivity contribution in [1.29, 1.82) is 0 Å². The van der Waals surface area contributed by atoms with Gasteiger partial charge < -0.3 is 15.0 Å². The number of hydrogen-bond acceptors (Lipinski definition) is 3. The molecule has 0 bridgehead atoms. The molecule has 24 heavy (non-hydrogen) atoms. The van der Waals surface area contributed by atoms with Crippen LogP contribution in [0.15, 0.2) is 61.3 Å². The minimum absolute atomic E-state index is 0.113. The van der Waals surface area contributed by atoms with Crippen LogP contribution in [0.5, 0.6) is 5.75 Å². The van der Waals surface area contributed by atoms with E-state index in [2.05, 4.69) is 16.9 Å². The summed E-state index contributed by atoms with van der Waals surface area (Å²) >= 11 is 0. The van der Waals surface area contributed by atoms with Gasteiger partial charge in [0.05, 0.1) is 11.7 Å². The Balaban J connectivity index is 1.96. The van der Waals surface area contributed by atoms with Crippen molar-refractivity contribution in [2.75, 3.05) is 13.7 Å². The number of nitrogens with zero attached hydrogens (tertiary/aromatic N) is 2. The highest BCUT2D eigenvalue weighted by Crippen LogP contribution is 2.19. The van der Waals surface area contributed by atoms with Gasteiger partial charge in [-0.05, 0) is 25.1 Å². The van der Waals surface area contributed by atoms with Gasteiger partial charge in [0.1, 0.15) is 12.4 Å². The van der Waals surface area contributed by atoms with Crippen LogP contribution in [0.4, 0.5) is 4.79 Å². The number of nitrogens with one attached hydrogen (secondary N) is 1. The molecule has 0 spiro atoms. The Bertz CT molecular complexity index is 673. The fraction of sp³-hybridized carbons (Fsp3) is 0.263. The molecule has 0 aliphatic heterocycles. The van der Waals surface area contributed by atoms with Crippen LogP contribution in [0.3, 0.4) is 0 Å². The van der Waals surface area contributed by atoms with Gasteiger partial charge in [-0.15, -0.1) is 0 Å². The van der Waals surface area contributed by atoms with Crippen molar-refractivity contribution in [1.82, 2.24) is 15.2 Å². The number of ether oxygens (including phenoxy) is 1. The summed E-state index contributed by atoms with van der Waals surface area (Å²) < 4.78 is 5.60. The predicted octanol–water partition coefficient (Wildman–Crippen LogP) is 3.55. The van der Waals surface area contributed by atoms with Crippen molar-refractivity contribution in [3.05, 3.63) is 72.6 Å². The molecule has 5 nitrogen and oxygen atoms in total. The maximum absolute atomic E-state index is 12.4. The van der Waals surface area contributed by atoms with Crippen LogP contribution in [0.1, 0.15) is 24.2 Å². The molecule has 1 atom stereocenters. The van der Waals surface area contributed by atoms with E-state index in [0.29, 0.717) is 13.2 Å². The predicted molar refractivity (Wildman–Crippen MR) is 94.8 cm³/mol. The second-order valence-electron chi connectivity index (χ2n) is 5.41. The molecule has 5 heteroatoms. The van der Waals surface area contributed by atoms with Crippen molar-refractivity contribution in [2.45, 2.75) is 19.5 Å². The van der Waals surface area contributed by atoms with Gasteiger partial charge in [-0.2, -0.15) is 0 Å². The topological polar surface area (TPSA) is 54.5 Å². The monoisotopic (exact) mass is 325 g/mol. The molecular weight excluding hydrogens is 302 g/mol. The lowest BCUT2D eigenvalue weighted by Gasteiger charge is -2.25. The van der Waals surface area contributed by atoms with Crippen molar-refractivity contribution in [3.8, 4) is 5.75 Å². The van der Waals surface area contributed by atoms with Gasteiger partial charge in [-0.1, -0.05) is 36.9 Å². The van der Waals surface area contributed by atoms with E-state index >= 15 is 0 Å². The van der Waals surface area contributed by atoms with Crippen molar-refractivity contribution in [2.24, 2.45) is 0 Å². The van der Waals surface area contributed by atoms with Crippen LogP contribution in [-0.2, 0) is 6.54 Å². The van der Waals surface area contributed by atoms with E-state index in [1.807, 2.05) is 49.4 Å². The highest BCUT2D eigenvalue weighted by atomic mass is 16.5. The van der Waals surface area contributed by atoms with Crippen LogP contribution in [-0.4, -0.2) is 29.6 Å². The zero-order chi connectivity index (χ0) is 17.4. The number of hydrogen-bond donors (Lipinski definition) is 1. The molecule has 2 rings (SSSR count). The summed E-state index contributed by atoms with van der Waals surface area (Å²) in [5, 5.41) is 2.92. The molecule has 1 unspecified atom stereocenters. The Morgan fingerprint density at radius 3 is 2.79 bits per heavy atom. The lowest BCUT2D eigenvalue weighted by Crippen LogP contribution is -2.38. The van der Waals surface area contributed by atoms with Gasteiger partial charge >= 0.3 is 6.03 Å². The number of pyridine rings is 1. The number of rotatable bonds is 7. The molecule has 0 saturated carbocycles. The van der Waals surface area contributed by atoms with Crippen LogP contribution in [0.25, 0.3) is 0 Å². The van der Waals surface area contributed by atoms with E-state index in [1.165, 1.54) is 0 Å². The first kappa shape index (κ1) is 17.5. The summed E-state index contributed by atoms with van der Waals surface area (Å²) in [7, 11) is 1.76. The quantitative estimate of drug-likeness (QED) is 0.792. The van der Waals surface area contributed by atoms with Crippen molar-refractivity contribution in [3.63, 3.8) is 0 Å². The number of carbonyl (C=O) groups excluding carboxylic acids is 1. The molecule has 2 amide bonds. The van der Waals surface area contributed by atoms with Crippen LogP contribution >= 0.6 is 0 Å². The fourth-order valence-electron chi connectivity index (χ4n) is 2.23. The van der Waals surface area contributed by atoms with Gasteiger partial charge in [0.2, 0.25) is 0 Å². The van der Waals surface area contributed by atoms with E-state index in [9.17, 15) is 4.79 Å². The second-order valence-corrected chi connectivity index (χ2v) is 5.41. The summed E-state index contributed by atoms with van der Waals surface area (Å²) in [6.07, 6.45) is 3.42. The van der Waals surface area contributed by atoms with Crippen LogP contribution in [0, 0.1) is 0 Å². The first-order chi connectivity index (χ1) is 11.6. The Labute approximate surface area is 143 Å². The zero-order valence-corrected chi connectivity index (χ0v) is 14.1. The molecule has 126 valence electrons. The van der Waals surface area contributed by atoms with Crippen molar-refractivity contribution >= 4 is 6.03 Å². The zero-order valence-electron chi connectivity index (χ0n) is 14.1. The summed E-state index contributed by atoms with van der Waals surface area (Å²) in [6.45, 7) is 6.42. The normalized spacial score (nSPS) is 11.4. The number of aromatic nitrogens is 1. The molecule has 0 fully saturated rings. The Kier molecular flexibility index (Phi) is 6.37. The smallest absolute Gasteiger partial charge is 0.317 e. The molecule has 1 heterocycles. The minimum atomic E-state index is -0.160. The summed E-state index contributed by atoms with van der Waals surface area (Å²) in [5.74, 6) is 0.748. The number of carbonyl (C=O) groups is 1. The average molecular weight is 325 g/mol. The molecular formula is C19H23N3O2. The molecule has 0 radical (unpaired) electrons. The number of para-hydroxylation sites is 1. The van der Waals surface area contributed by atoms with E-state index in [0.717, 1.165) is 17.0 Å². The summed E-state index contributed by atoms with van der Waals surface area (Å²) in [4.78, 5) is 18.3. The lowest BCUT2D eigenvalue weighted by molar-refractivity contribution is 0.193. The number of benzene rings is 1.